The number of piperidine rings is 1. The van der Waals surface area contributed by atoms with Crippen LogP contribution in [-0.4, -0.2) is 24.8 Å². The van der Waals surface area contributed by atoms with Crippen molar-refractivity contribution in [2.24, 2.45) is 5.73 Å². The maximum atomic E-state index is 12.2. The average Bonchev–Trinajstić information content (AvgIpc) is 1.87. The van der Waals surface area contributed by atoms with Gasteiger partial charge in [-0.05, 0) is 19.4 Å². The van der Waals surface area contributed by atoms with Crippen molar-refractivity contribution in [3.63, 3.8) is 0 Å². The van der Waals surface area contributed by atoms with E-state index in [2.05, 4.69) is 5.32 Å². The van der Waals surface area contributed by atoms with E-state index in [1.807, 2.05) is 0 Å². The molecule has 0 aromatic rings. The van der Waals surface area contributed by atoms with E-state index >= 15 is 0 Å². The highest BCUT2D eigenvalue weighted by Gasteiger charge is 2.51. The van der Waals surface area contributed by atoms with E-state index < -0.39 is 11.7 Å². The van der Waals surface area contributed by atoms with Crippen LogP contribution >= 0.6 is 0 Å². The summed E-state index contributed by atoms with van der Waals surface area (Å²) in [4.78, 5) is 0. The quantitative estimate of drug-likeness (QED) is 0.556. The number of halogens is 3. The molecule has 1 rings (SSSR count). The second-order valence-corrected chi connectivity index (χ2v) is 2.93. The number of hydrogen-bond donors (Lipinski definition) is 2. The first-order chi connectivity index (χ1) is 4.96. The third-order valence-corrected chi connectivity index (χ3v) is 1.98. The number of nitrogens with two attached hydrogens (primary N) is 1. The molecule has 0 aliphatic carbocycles. The first kappa shape index (κ1) is 8.80. The third kappa shape index (κ3) is 1.65. The van der Waals surface area contributed by atoms with Crippen molar-refractivity contribution >= 4 is 0 Å². The number of nitrogens with one attached hydrogen (secondary N) is 1. The van der Waals surface area contributed by atoms with Gasteiger partial charge in [0.05, 0.1) is 0 Å². The van der Waals surface area contributed by atoms with Gasteiger partial charge in [0.2, 0.25) is 0 Å². The molecule has 0 radical (unpaired) electrons. The van der Waals surface area contributed by atoms with Crippen LogP contribution in [0, 0.1) is 0 Å². The van der Waals surface area contributed by atoms with Crippen molar-refractivity contribution < 1.29 is 13.2 Å². The zero-order valence-corrected chi connectivity index (χ0v) is 6.04. The third-order valence-electron chi connectivity index (χ3n) is 1.98. The second-order valence-electron chi connectivity index (χ2n) is 2.93. The van der Waals surface area contributed by atoms with E-state index in [1.54, 1.807) is 0 Å². The number of rotatable bonds is 0. The van der Waals surface area contributed by atoms with E-state index in [1.165, 1.54) is 0 Å². The van der Waals surface area contributed by atoms with E-state index in [0.29, 0.717) is 13.0 Å². The van der Waals surface area contributed by atoms with Crippen molar-refractivity contribution in [1.29, 1.82) is 0 Å². The van der Waals surface area contributed by atoms with Crippen LogP contribution in [0.15, 0.2) is 0 Å². The first-order valence-electron chi connectivity index (χ1n) is 3.52. The lowest BCUT2D eigenvalue weighted by molar-refractivity contribution is -0.189. The van der Waals surface area contributed by atoms with Crippen molar-refractivity contribution in [2.45, 2.75) is 24.6 Å². The Morgan fingerprint density at radius 2 is 2.00 bits per heavy atom. The number of hydrogen-bond acceptors (Lipinski definition) is 2. The van der Waals surface area contributed by atoms with Crippen LogP contribution in [-0.2, 0) is 0 Å². The summed E-state index contributed by atoms with van der Waals surface area (Å²) in [6.45, 7) is 0.478. The molecular formula is C6H11F3N2. The Morgan fingerprint density at radius 1 is 1.36 bits per heavy atom. The summed E-state index contributed by atoms with van der Waals surface area (Å²) in [6.07, 6.45) is -3.75. The topological polar surface area (TPSA) is 38.0 Å². The molecule has 0 aromatic heterocycles. The van der Waals surface area contributed by atoms with Gasteiger partial charge in [-0.2, -0.15) is 13.2 Å². The standard InChI is InChI=1S/C6H11F3N2/c7-6(8,9)5(10)2-1-3-11-4-5/h11H,1-4,10H2/t5-/m1/s1. The fourth-order valence-electron chi connectivity index (χ4n) is 1.17. The highest BCUT2D eigenvalue weighted by atomic mass is 19.4. The van der Waals surface area contributed by atoms with Crippen molar-refractivity contribution in [3.8, 4) is 0 Å². The molecule has 0 saturated carbocycles. The maximum absolute atomic E-state index is 12.2. The lowest BCUT2D eigenvalue weighted by Gasteiger charge is -2.35. The number of alkyl halides is 3. The Balaban J connectivity index is 2.64. The summed E-state index contributed by atoms with van der Waals surface area (Å²) in [7, 11) is 0. The maximum Gasteiger partial charge on any atom is 0.407 e. The van der Waals surface area contributed by atoms with Gasteiger partial charge in [-0.3, -0.25) is 0 Å². The molecule has 0 spiro atoms. The molecule has 1 heterocycles. The Morgan fingerprint density at radius 3 is 2.27 bits per heavy atom. The molecular weight excluding hydrogens is 157 g/mol. The SMILES string of the molecule is N[C@]1(C(F)(F)F)CCCNC1. The normalized spacial score (nSPS) is 33.8. The zero-order valence-electron chi connectivity index (χ0n) is 6.04. The molecule has 3 N–H and O–H groups in total. The average molecular weight is 168 g/mol. The van der Waals surface area contributed by atoms with Crippen molar-refractivity contribution in [1.82, 2.24) is 5.32 Å². The largest absolute Gasteiger partial charge is 0.407 e. The van der Waals surface area contributed by atoms with Gasteiger partial charge >= 0.3 is 6.18 Å². The molecule has 1 atom stereocenters. The molecule has 0 bridgehead atoms. The lowest BCUT2D eigenvalue weighted by atomic mass is 9.91. The van der Waals surface area contributed by atoms with Gasteiger partial charge in [0.1, 0.15) is 5.54 Å². The summed E-state index contributed by atoms with van der Waals surface area (Å²) in [5, 5.41) is 2.64. The van der Waals surface area contributed by atoms with Crippen molar-refractivity contribution in [2.75, 3.05) is 13.1 Å². The van der Waals surface area contributed by atoms with Gasteiger partial charge in [0.15, 0.2) is 0 Å². The van der Waals surface area contributed by atoms with Gasteiger partial charge in [0, 0.05) is 6.54 Å². The van der Waals surface area contributed by atoms with E-state index in [0.717, 1.165) is 0 Å². The molecule has 1 fully saturated rings. The van der Waals surface area contributed by atoms with Crippen molar-refractivity contribution in [3.05, 3.63) is 0 Å². The highest BCUT2D eigenvalue weighted by Crippen LogP contribution is 2.32. The molecule has 0 aromatic carbocycles. The highest BCUT2D eigenvalue weighted by molar-refractivity contribution is 4.96. The summed E-state index contributed by atoms with van der Waals surface area (Å²) in [5.74, 6) is 0. The molecule has 1 saturated heterocycles. The predicted molar refractivity (Wildman–Crippen MR) is 35.1 cm³/mol. The summed E-state index contributed by atoms with van der Waals surface area (Å²) >= 11 is 0. The van der Waals surface area contributed by atoms with Gasteiger partial charge in [-0.15, -0.1) is 0 Å². The minimum atomic E-state index is -4.28. The Hall–Kier alpha value is -0.290. The monoisotopic (exact) mass is 168 g/mol. The molecule has 1 aliphatic rings. The molecule has 2 nitrogen and oxygen atoms in total. The smallest absolute Gasteiger partial charge is 0.317 e. The van der Waals surface area contributed by atoms with Gasteiger partial charge in [0.25, 0.3) is 0 Å². The predicted octanol–water partition coefficient (Wildman–Crippen LogP) is 0.630. The zero-order chi connectivity index (χ0) is 8.54. The van der Waals surface area contributed by atoms with Gasteiger partial charge < -0.3 is 11.1 Å². The Bertz CT molecular complexity index is 137. The summed E-state index contributed by atoms with van der Waals surface area (Å²) in [5.41, 5.74) is 3.15. The molecule has 66 valence electrons. The minimum Gasteiger partial charge on any atom is -0.317 e. The summed E-state index contributed by atoms with van der Waals surface area (Å²) < 4.78 is 36.5. The molecule has 0 amide bonds. The first-order valence-corrected chi connectivity index (χ1v) is 3.52. The minimum absolute atomic E-state index is 0.0312. The van der Waals surface area contributed by atoms with Crippen LogP contribution in [0.1, 0.15) is 12.8 Å². The fourth-order valence-corrected chi connectivity index (χ4v) is 1.17. The van der Waals surface area contributed by atoms with Crippen LogP contribution < -0.4 is 11.1 Å². The van der Waals surface area contributed by atoms with Gasteiger partial charge in [-0.1, -0.05) is 0 Å². The lowest BCUT2D eigenvalue weighted by Crippen LogP contribution is -2.62. The van der Waals surface area contributed by atoms with Crippen LogP contribution in [0.3, 0.4) is 0 Å². The molecule has 5 heteroatoms. The van der Waals surface area contributed by atoms with E-state index in [9.17, 15) is 13.2 Å². The second kappa shape index (κ2) is 2.64. The Kier molecular flexibility index (Phi) is 2.11. The van der Waals surface area contributed by atoms with E-state index in [4.69, 9.17) is 5.73 Å². The van der Waals surface area contributed by atoms with Crippen LogP contribution in [0.25, 0.3) is 0 Å². The Labute approximate surface area is 62.9 Å². The van der Waals surface area contributed by atoms with Gasteiger partial charge in [-0.25, -0.2) is 0 Å². The van der Waals surface area contributed by atoms with Crippen LogP contribution in [0.2, 0.25) is 0 Å². The van der Waals surface area contributed by atoms with Crippen LogP contribution in [0.5, 0.6) is 0 Å². The van der Waals surface area contributed by atoms with E-state index in [-0.39, 0.29) is 13.0 Å². The molecule has 11 heavy (non-hydrogen) atoms. The van der Waals surface area contributed by atoms with Crippen LogP contribution in [0.4, 0.5) is 13.2 Å². The fraction of sp³-hybridized carbons (Fsp3) is 1.00. The molecule has 0 unspecified atom stereocenters. The summed E-state index contributed by atoms with van der Waals surface area (Å²) in [6, 6.07) is 0. The molecule has 1 aliphatic heterocycles.